The molecule has 142 valence electrons. The van der Waals surface area contributed by atoms with Crippen molar-refractivity contribution in [2.75, 3.05) is 30.7 Å². The molecule has 0 aliphatic carbocycles. The highest BCUT2D eigenvalue weighted by Gasteiger charge is 2.18. The molecule has 7 heteroatoms. The van der Waals surface area contributed by atoms with Crippen molar-refractivity contribution in [1.29, 1.82) is 0 Å². The van der Waals surface area contributed by atoms with Crippen LogP contribution >= 0.6 is 0 Å². The van der Waals surface area contributed by atoms with Crippen molar-refractivity contribution in [3.05, 3.63) is 36.0 Å². The van der Waals surface area contributed by atoms with E-state index in [4.69, 9.17) is 20.6 Å². The number of fused-ring (bicyclic) bond motifs is 1. The summed E-state index contributed by atoms with van der Waals surface area (Å²) in [6, 6.07) is 8.28. The van der Waals surface area contributed by atoms with Gasteiger partial charge in [-0.15, -0.1) is 5.10 Å². The number of nitrogens with two attached hydrogens (primary N) is 1. The number of nitrogens with one attached hydrogen (secondary N) is 2. The van der Waals surface area contributed by atoms with Crippen LogP contribution in [-0.4, -0.2) is 40.3 Å². The molecule has 1 aliphatic rings. The van der Waals surface area contributed by atoms with Crippen LogP contribution in [0.3, 0.4) is 0 Å². The Bertz CT molecular complexity index is 928. The summed E-state index contributed by atoms with van der Waals surface area (Å²) < 4.78 is 7.28. The fourth-order valence-electron chi connectivity index (χ4n) is 3.44. The molecule has 4 rings (SSSR count). The summed E-state index contributed by atoms with van der Waals surface area (Å²) in [7, 11) is 0. The molecule has 1 atom stereocenters. The largest absolute Gasteiger partial charge is 0.494 e. The molecule has 7 nitrogen and oxygen atoms in total. The van der Waals surface area contributed by atoms with Crippen molar-refractivity contribution < 1.29 is 4.74 Å². The summed E-state index contributed by atoms with van der Waals surface area (Å²) in [6.45, 7) is 6.65. The van der Waals surface area contributed by atoms with Crippen LogP contribution in [0.1, 0.15) is 25.3 Å². The van der Waals surface area contributed by atoms with Crippen molar-refractivity contribution >= 4 is 17.2 Å². The predicted molar refractivity (Wildman–Crippen MR) is 108 cm³/mol. The molecule has 2 aromatic heterocycles. The minimum atomic E-state index is 0.371. The van der Waals surface area contributed by atoms with Crippen LogP contribution in [0.2, 0.25) is 0 Å². The third kappa shape index (κ3) is 3.55. The van der Waals surface area contributed by atoms with Crippen molar-refractivity contribution in [3.63, 3.8) is 0 Å². The Morgan fingerprint density at radius 3 is 2.85 bits per heavy atom. The Balaban J connectivity index is 1.66. The average Bonchev–Trinajstić information content (AvgIpc) is 3.12. The van der Waals surface area contributed by atoms with Gasteiger partial charge in [-0.25, -0.2) is 9.50 Å². The van der Waals surface area contributed by atoms with Crippen LogP contribution in [0.4, 0.5) is 11.5 Å². The van der Waals surface area contributed by atoms with Crippen LogP contribution in [0, 0.1) is 6.92 Å². The fourth-order valence-corrected chi connectivity index (χ4v) is 3.44. The maximum atomic E-state index is 6.38. The van der Waals surface area contributed by atoms with Gasteiger partial charge in [-0.3, -0.25) is 0 Å². The second-order valence-electron chi connectivity index (χ2n) is 6.93. The van der Waals surface area contributed by atoms with Crippen LogP contribution in [0.15, 0.2) is 30.5 Å². The summed E-state index contributed by atoms with van der Waals surface area (Å²) >= 11 is 0. The third-order valence-electron chi connectivity index (χ3n) is 4.99. The second-order valence-corrected chi connectivity index (χ2v) is 6.93. The zero-order valence-corrected chi connectivity index (χ0v) is 15.8. The van der Waals surface area contributed by atoms with Crippen molar-refractivity contribution in [3.8, 4) is 17.0 Å². The van der Waals surface area contributed by atoms with Gasteiger partial charge in [-0.2, -0.15) is 0 Å². The molecule has 27 heavy (non-hydrogen) atoms. The number of nitrogens with zero attached hydrogens (tertiary/aromatic N) is 3. The quantitative estimate of drug-likeness (QED) is 0.643. The first-order valence-corrected chi connectivity index (χ1v) is 9.51. The Morgan fingerprint density at radius 1 is 1.33 bits per heavy atom. The molecule has 1 aromatic carbocycles. The average molecular weight is 366 g/mol. The Kier molecular flexibility index (Phi) is 4.85. The molecule has 3 aromatic rings. The Hall–Kier alpha value is -2.80. The zero-order chi connectivity index (χ0) is 18.8. The summed E-state index contributed by atoms with van der Waals surface area (Å²) in [5.74, 6) is 1.68. The van der Waals surface area contributed by atoms with Crippen LogP contribution in [0.5, 0.6) is 5.75 Å². The predicted octanol–water partition coefficient (Wildman–Crippen LogP) is 2.85. The molecule has 0 bridgehead atoms. The molecule has 0 spiro atoms. The number of hydrogen-bond donors (Lipinski definition) is 3. The third-order valence-corrected chi connectivity index (χ3v) is 4.99. The van der Waals surface area contributed by atoms with E-state index in [9.17, 15) is 0 Å². The SMILES string of the molecule is CCOc1ccc(-c2cn3nc(N[C@H]4CCCNC4)c(C)c(N)c3n2)cc1. The minimum absolute atomic E-state index is 0.371. The number of ether oxygens (including phenoxy) is 1. The number of imidazole rings is 1. The van der Waals surface area contributed by atoms with Crippen LogP contribution in [0.25, 0.3) is 16.9 Å². The topological polar surface area (TPSA) is 89.5 Å². The van der Waals surface area contributed by atoms with E-state index >= 15 is 0 Å². The van der Waals surface area contributed by atoms with Gasteiger partial charge in [-0.1, -0.05) is 0 Å². The number of hydrogen-bond acceptors (Lipinski definition) is 6. The number of nitrogen functional groups attached to an aromatic ring is 1. The summed E-state index contributed by atoms with van der Waals surface area (Å²) in [5.41, 5.74) is 10.5. The number of benzene rings is 1. The molecule has 0 saturated carbocycles. The minimum Gasteiger partial charge on any atom is -0.494 e. The lowest BCUT2D eigenvalue weighted by atomic mass is 10.1. The first-order chi connectivity index (χ1) is 13.2. The lowest BCUT2D eigenvalue weighted by molar-refractivity contribution is 0.340. The van der Waals surface area contributed by atoms with Gasteiger partial charge in [0.25, 0.3) is 0 Å². The number of anilines is 2. The maximum Gasteiger partial charge on any atom is 0.177 e. The molecule has 3 heterocycles. The summed E-state index contributed by atoms with van der Waals surface area (Å²) in [5, 5.41) is 11.7. The first-order valence-electron chi connectivity index (χ1n) is 9.51. The van der Waals surface area contributed by atoms with Gasteiger partial charge in [-0.05, 0) is 57.5 Å². The molecule has 1 saturated heterocycles. The molecular formula is C20H26N6O. The lowest BCUT2D eigenvalue weighted by Crippen LogP contribution is -2.38. The molecular weight excluding hydrogens is 340 g/mol. The van der Waals surface area contributed by atoms with Gasteiger partial charge in [0.15, 0.2) is 11.5 Å². The van der Waals surface area contributed by atoms with E-state index in [1.807, 2.05) is 44.3 Å². The molecule has 4 N–H and O–H groups in total. The van der Waals surface area contributed by atoms with Crippen molar-refractivity contribution in [2.45, 2.75) is 32.7 Å². The lowest BCUT2D eigenvalue weighted by Gasteiger charge is -2.25. The van der Waals surface area contributed by atoms with Crippen LogP contribution < -0.4 is 21.1 Å². The molecule has 1 aliphatic heterocycles. The molecule has 1 fully saturated rings. The van der Waals surface area contributed by atoms with Crippen LogP contribution in [-0.2, 0) is 0 Å². The number of aromatic nitrogens is 3. The second kappa shape index (κ2) is 7.44. The van der Waals surface area contributed by atoms with Gasteiger partial charge >= 0.3 is 0 Å². The molecule has 0 amide bonds. The normalized spacial score (nSPS) is 17.2. The standard InChI is InChI=1S/C20H26N6O/c1-3-27-16-8-6-14(7-9-16)17-12-26-20(24-17)18(21)13(2)19(25-26)23-15-5-4-10-22-11-15/h6-9,12,15,22H,3-5,10-11,21H2,1-2H3,(H,23,25)/t15-/m0/s1. The van der Waals surface area contributed by atoms with E-state index in [1.54, 1.807) is 4.52 Å². The Labute approximate surface area is 158 Å². The van der Waals surface area contributed by atoms with Gasteiger partial charge in [0.1, 0.15) is 5.75 Å². The smallest absolute Gasteiger partial charge is 0.177 e. The maximum absolute atomic E-state index is 6.38. The van der Waals surface area contributed by atoms with E-state index in [0.717, 1.165) is 47.9 Å². The highest BCUT2D eigenvalue weighted by Crippen LogP contribution is 2.28. The van der Waals surface area contributed by atoms with E-state index in [0.29, 0.717) is 24.0 Å². The van der Waals surface area contributed by atoms with E-state index in [1.165, 1.54) is 6.42 Å². The van der Waals surface area contributed by atoms with Gasteiger partial charge in [0.05, 0.1) is 24.2 Å². The first kappa shape index (κ1) is 17.6. The highest BCUT2D eigenvalue weighted by molar-refractivity contribution is 5.76. The summed E-state index contributed by atoms with van der Waals surface area (Å²) in [4.78, 5) is 4.70. The van der Waals surface area contributed by atoms with Gasteiger partial charge < -0.3 is 21.1 Å². The number of piperidine rings is 1. The highest BCUT2D eigenvalue weighted by atomic mass is 16.5. The molecule has 0 radical (unpaired) electrons. The van der Waals surface area contributed by atoms with E-state index in [-0.39, 0.29) is 0 Å². The van der Waals surface area contributed by atoms with Gasteiger partial charge in [0.2, 0.25) is 0 Å². The zero-order valence-electron chi connectivity index (χ0n) is 15.8. The molecule has 0 unspecified atom stereocenters. The fraction of sp³-hybridized carbons (Fsp3) is 0.400. The number of rotatable bonds is 5. The van der Waals surface area contributed by atoms with Crippen molar-refractivity contribution in [1.82, 2.24) is 19.9 Å². The van der Waals surface area contributed by atoms with Crippen molar-refractivity contribution in [2.24, 2.45) is 0 Å². The van der Waals surface area contributed by atoms with E-state index < -0.39 is 0 Å². The van der Waals surface area contributed by atoms with E-state index in [2.05, 4.69) is 10.6 Å². The summed E-state index contributed by atoms with van der Waals surface area (Å²) in [6.07, 6.45) is 4.22. The Morgan fingerprint density at radius 2 is 2.15 bits per heavy atom. The van der Waals surface area contributed by atoms with Gasteiger partial charge in [0, 0.05) is 23.7 Å². The monoisotopic (exact) mass is 366 g/mol.